The Balaban J connectivity index is 2.41. The Hall–Kier alpha value is -2.76. The summed E-state index contributed by atoms with van der Waals surface area (Å²) in [4.78, 5) is 50.0. The fraction of sp³-hybridized carbons (Fsp3) is 0.565. The number of methoxy groups -OCH3 is 1. The van der Waals surface area contributed by atoms with E-state index in [1.165, 1.54) is 0 Å². The zero-order valence-corrected chi connectivity index (χ0v) is 21.8. The second-order valence-corrected chi connectivity index (χ2v) is 8.40. The van der Waals surface area contributed by atoms with Crippen molar-refractivity contribution in [1.82, 2.24) is 0 Å². The molecule has 1 saturated heterocycles. The lowest BCUT2D eigenvalue weighted by Crippen LogP contribution is -2.64. The van der Waals surface area contributed by atoms with Gasteiger partial charge in [0.2, 0.25) is 12.4 Å². The maximum absolute atomic E-state index is 12.5. The number of alkyl halides is 2. The van der Waals surface area contributed by atoms with Gasteiger partial charge in [0, 0.05) is 51.3 Å². The lowest BCUT2D eigenvalue weighted by atomic mass is 9.97. The van der Waals surface area contributed by atoms with Crippen molar-refractivity contribution < 1.29 is 47.6 Å². The standard InChI is InChI=1S/C23H29Cl2NO10/c1-13(27)32-18-19(33-14(2)28)21(34-15(3)29)23(36-20(18)22(30)31-4)35-17-7-5-16(6-8-17)26(11-9-24)12-10-25/h5-8,18-21,23H,9-12H2,1-4H3. The molecule has 5 atom stereocenters. The van der Waals surface area contributed by atoms with Gasteiger partial charge in [0.25, 0.3) is 0 Å². The number of carbonyl (C=O) groups is 4. The van der Waals surface area contributed by atoms with Crippen LogP contribution in [-0.4, -0.2) is 86.5 Å². The molecule has 1 aromatic rings. The number of hydrogen-bond acceptors (Lipinski definition) is 11. The van der Waals surface area contributed by atoms with E-state index in [2.05, 4.69) is 0 Å². The van der Waals surface area contributed by atoms with Crippen molar-refractivity contribution in [1.29, 1.82) is 0 Å². The molecular weight excluding hydrogens is 521 g/mol. The first kappa shape index (κ1) is 29.5. The molecule has 11 nitrogen and oxygen atoms in total. The van der Waals surface area contributed by atoms with Crippen molar-refractivity contribution in [3.8, 4) is 5.75 Å². The van der Waals surface area contributed by atoms with Gasteiger partial charge in [-0.05, 0) is 24.3 Å². The maximum atomic E-state index is 12.5. The third-order valence-electron chi connectivity index (χ3n) is 5.00. The van der Waals surface area contributed by atoms with Crippen LogP contribution in [0.1, 0.15) is 20.8 Å². The van der Waals surface area contributed by atoms with Gasteiger partial charge in [0.05, 0.1) is 7.11 Å². The second kappa shape index (κ2) is 14.1. The molecule has 1 heterocycles. The van der Waals surface area contributed by atoms with Crippen molar-refractivity contribution in [2.75, 3.05) is 36.9 Å². The van der Waals surface area contributed by atoms with E-state index in [0.717, 1.165) is 33.6 Å². The first-order valence-electron chi connectivity index (χ1n) is 11.0. The number of nitrogens with zero attached hydrogens (tertiary/aromatic N) is 1. The molecule has 13 heteroatoms. The fourth-order valence-electron chi connectivity index (χ4n) is 3.62. The monoisotopic (exact) mass is 549 g/mol. The number of ether oxygens (including phenoxy) is 6. The highest BCUT2D eigenvalue weighted by atomic mass is 35.5. The number of rotatable bonds is 11. The zero-order valence-electron chi connectivity index (χ0n) is 20.3. The Morgan fingerprint density at radius 3 is 1.81 bits per heavy atom. The van der Waals surface area contributed by atoms with Gasteiger partial charge in [-0.25, -0.2) is 4.79 Å². The van der Waals surface area contributed by atoms with Gasteiger partial charge in [-0.1, -0.05) is 0 Å². The van der Waals surface area contributed by atoms with Crippen molar-refractivity contribution in [3.05, 3.63) is 24.3 Å². The highest BCUT2D eigenvalue weighted by molar-refractivity contribution is 6.18. The molecule has 0 radical (unpaired) electrons. The molecule has 0 spiro atoms. The minimum absolute atomic E-state index is 0.286. The Labute approximate surface area is 218 Å². The van der Waals surface area contributed by atoms with E-state index in [0.29, 0.717) is 24.8 Å². The molecule has 1 aliphatic rings. The van der Waals surface area contributed by atoms with E-state index in [1.54, 1.807) is 24.3 Å². The number of hydrogen-bond donors (Lipinski definition) is 0. The number of benzene rings is 1. The molecular formula is C23H29Cl2NO10. The van der Waals surface area contributed by atoms with Gasteiger partial charge in [-0.2, -0.15) is 0 Å². The normalized spacial score (nSPS) is 23.2. The average molecular weight is 550 g/mol. The van der Waals surface area contributed by atoms with Gasteiger partial charge < -0.3 is 33.3 Å². The molecule has 0 aliphatic carbocycles. The highest BCUT2D eigenvalue weighted by Gasteiger charge is 2.55. The van der Waals surface area contributed by atoms with Gasteiger partial charge in [0.1, 0.15) is 5.75 Å². The largest absolute Gasteiger partial charge is 0.467 e. The quantitative estimate of drug-likeness (QED) is 0.228. The van der Waals surface area contributed by atoms with Crippen LogP contribution in [0.3, 0.4) is 0 Å². The molecule has 36 heavy (non-hydrogen) atoms. The Morgan fingerprint density at radius 2 is 1.33 bits per heavy atom. The number of esters is 4. The molecule has 1 aromatic carbocycles. The van der Waals surface area contributed by atoms with Crippen LogP contribution >= 0.6 is 23.2 Å². The fourth-order valence-corrected chi connectivity index (χ4v) is 4.03. The zero-order chi connectivity index (χ0) is 26.8. The summed E-state index contributed by atoms with van der Waals surface area (Å²) in [5.41, 5.74) is 0.838. The van der Waals surface area contributed by atoms with Crippen molar-refractivity contribution in [2.45, 2.75) is 51.5 Å². The van der Waals surface area contributed by atoms with Crippen LogP contribution in [-0.2, 0) is 42.9 Å². The predicted octanol–water partition coefficient (Wildman–Crippen LogP) is 2.04. The van der Waals surface area contributed by atoms with Crippen LogP contribution in [0.5, 0.6) is 5.75 Å². The predicted molar refractivity (Wildman–Crippen MR) is 128 cm³/mol. The Kier molecular flexibility index (Phi) is 11.5. The molecule has 0 aromatic heterocycles. The summed E-state index contributed by atoms with van der Waals surface area (Å²) in [5.74, 6) is -2.13. The first-order valence-corrected chi connectivity index (χ1v) is 12.1. The minimum Gasteiger partial charge on any atom is -0.467 e. The Bertz CT molecular complexity index is 907. The smallest absolute Gasteiger partial charge is 0.339 e. The molecule has 1 fully saturated rings. The highest BCUT2D eigenvalue weighted by Crippen LogP contribution is 2.31. The molecule has 0 saturated carbocycles. The van der Waals surface area contributed by atoms with Crippen LogP contribution in [0.15, 0.2) is 24.3 Å². The lowest BCUT2D eigenvalue weighted by molar-refractivity contribution is -0.282. The average Bonchev–Trinajstić information content (AvgIpc) is 2.81. The third kappa shape index (κ3) is 8.14. The van der Waals surface area contributed by atoms with Crippen LogP contribution in [0, 0.1) is 0 Å². The van der Waals surface area contributed by atoms with Crippen molar-refractivity contribution in [3.63, 3.8) is 0 Å². The van der Waals surface area contributed by atoms with Crippen molar-refractivity contribution in [2.24, 2.45) is 0 Å². The van der Waals surface area contributed by atoms with Crippen LogP contribution < -0.4 is 9.64 Å². The van der Waals surface area contributed by atoms with Crippen LogP contribution in [0.4, 0.5) is 5.69 Å². The summed E-state index contributed by atoms with van der Waals surface area (Å²) in [6.45, 7) is 4.50. The first-order chi connectivity index (χ1) is 17.1. The molecule has 200 valence electrons. The number of carbonyl (C=O) groups excluding carboxylic acids is 4. The topological polar surface area (TPSA) is 127 Å². The van der Waals surface area contributed by atoms with Crippen LogP contribution in [0.2, 0.25) is 0 Å². The summed E-state index contributed by atoms with van der Waals surface area (Å²) in [6.07, 6.45) is -7.25. The molecule has 1 aliphatic heterocycles. The summed E-state index contributed by atoms with van der Waals surface area (Å²) in [7, 11) is 1.11. The van der Waals surface area contributed by atoms with Crippen LogP contribution in [0.25, 0.3) is 0 Å². The summed E-state index contributed by atoms with van der Waals surface area (Å²) >= 11 is 11.7. The minimum atomic E-state index is -1.54. The summed E-state index contributed by atoms with van der Waals surface area (Å²) < 4.78 is 32.3. The van der Waals surface area contributed by atoms with E-state index >= 15 is 0 Å². The van der Waals surface area contributed by atoms with E-state index in [4.69, 9.17) is 51.6 Å². The molecule has 5 unspecified atom stereocenters. The molecule has 0 bridgehead atoms. The van der Waals surface area contributed by atoms with Crippen molar-refractivity contribution >= 4 is 52.8 Å². The third-order valence-corrected chi connectivity index (χ3v) is 5.34. The van der Waals surface area contributed by atoms with E-state index in [-0.39, 0.29) is 5.75 Å². The summed E-state index contributed by atoms with van der Waals surface area (Å²) in [6, 6.07) is 6.79. The number of anilines is 1. The molecule has 0 amide bonds. The van der Waals surface area contributed by atoms with Gasteiger partial charge in [-0.3, -0.25) is 14.4 Å². The van der Waals surface area contributed by atoms with E-state index in [9.17, 15) is 19.2 Å². The van der Waals surface area contributed by atoms with Gasteiger partial charge >= 0.3 is 23.9 Å². The van der Waals surface area contributed by atoms with E-state index < -0.39 is 54.6 Å². The molecule has 0 N–H and O–H groups in total. The molecule has 2 rings (SSSR count). The summed E-state index contributed by atoms with van der Waals surface area (Å²) in [5, 5.41) is 0. The van der Waals surface area contributed by atoms with Gasteiger partial charge in [0.15, 0.2) is 18.3 Å². The number of halogens is 2. The Morgan fingerprint density at radius 1 is 0.833 bits per heavy atom. The maximum Gasteiger partial charge on any atom is 0.339 e. The SMILES string of the molecule is COC(=O)C1OC(Oc2ccc(N(CCCl)CCCl)cc2)C(OC(C)=O)C(OC(C)=O)C1OC(C)=O. The second-order valence-electron chi connectivity index (χ2n) is 7.65. The lowest BCUT2D eigenvalue weighted by Gasteiger charge is -2.43. The van der Waals surface area contributed by atoms with Gasteiger partial charge in [-0.15, -0.1) is 23.2 Å². The van der Waals surface area contributed by atoms with E-state index in [1.807, 2.05) is 4.90 Å².